The summed E-state index contributed by atoms with van der Waals surface area (Å²) in [7, 11) is 0. The fraction of sp³-hybridized carbons (Fsp3) is 0.333. The first-order chi connectivity index (χ1) is 9.61. The summed E-state index contributed by atoms with van der Waals surface area (Å²) in [5, 5.41) is 4.43. The van der Waals surface area contributed by atoms with E-state index in [2.05, 4.69) is 56.4 Å². The van der Waals surface area contributed by atoms with Crippen molar-refractivity contribution in [1.82, 2.24) is 5.32 Å². The van der Waals surface area contributed by atoms with Gasteiger partial charge in [-0.3, -0.25) is 0 Å². The lowest BCUT2D eigenvalue weighted by molar-refractivity contribution is 0.596. The molecule has 0 heterocycles. The van der Waals surface area contributed by atoms with Gasteiger partial charge in [0.1, 0.15) is 0 Å². The van der Waals surface area contributed by atoms with Crippen molar-refractivity contribution in [2.45, 2.75) is 33.2 Å². The molecule has 106 valence electrons. The smallest absolute Gasteiger partial charge is 0.0579 e. The van der Waals surface area contributed by atoms with E-state index in [1.807, 2.05) is 12.1 Å². The monoisotopic (exact) mass is 287 g/mol. The third kappa shape index (κ3) is 3.62. The summed E-state index contributed by atoms with van der Waals surface area (Å²) in [5.41, 5.74) is 5.11. The molecule has 0 fully saturated rings. The van der Waals surface area contributed by atoms with Crippen LogP contribution in [0.25, 0.3) is 0 Å². The van der Waals surface area contributed by atoms with Gasteiger partial charge in [0.05, 0.1) is 6.04 Å². The highest BCUT2D eigenvalue weighted by Crippen LogP contribution is 2.27. The highest BCUT2D eigenvalue weighted by molar-refractivity contribution is 6.30. The molecule has 0 radical (unpaired) electrons. The number of halogens is 1. The van der Waals surface area contributed by atoms with E-state index < -0.39 is 0 Å². The fourth-order valence-electron chi connectivity index (χ4n) is 2.42. The molecule has 0 aliphatic heterocycles. The molecule has 0 saturated heterocycles. The maximum Gasteiger partial charge on any atom is 0.0579 e. The Morgan fingerprint density at radius 2 is 1.75 bits per heavy atom. The molecule has 2 aromatic rings. The highest BCUT2D eigenvalue weighted by Gasteiger charge is 2.15. The molecule has 0 bridgehead atoms. The minimum Gasteiger partial charge on any atom is -0.306 e. The summed E-state index contributed by atoms with van der Waals surface area (Å²) in [4.78, 5) is 0. The average Bonchev–Trinajstić information content (AvgIpc) is 2.42. The molecule has 20 heavy (non-hydrogen) atoms. The zero-order chi connectivity index (χ0) is 14.5. The molecule has 1 N–H and O–H groups in total. The molecule has 0 aliphatic rings. The van der Waals surface area contributed by atoms with Gasteiger partial charge in [-0.1, -0.05) is 54.4 Å². The largest absolute Gasteiger partial charge is 0.306 e. The van der Waals surface area contributed by atoms with E-state index in [0.29, 0.717) is 0 Å². The van der Waals surface area contributed by atoms with Crippen molar-refractivity contribution in [1.29, 1.82) is 0 Å². The van der Waals surface area contributed by atoms with Crippen LogP contribution in [0.1, 0.15) is 41.6 Å². The fourth-order valence-corrected chi connectivity index (χ4v) is 2.64. The first-order valence-corrected chi connectivity index (χ1v) is 7.55. The Morgan fingerprint density at radius 1 is 1.05 bits per heavy atom. The van der Waals surface area contributed by atoms with Crippen molar-refractivity contribution in [3.8, 4) is 0 Å². The van der Waals surface area contributed by atoms with Crippen LogP contribution >= 0.6 is 11.6 Å². The molecule has 1 nitrogen and oxygen atoms in total. The van der Waals surface area contributed by atoms with Crippen molar-refractivity contribution in [3.63, 3.8) is 0 Å². The SMILES string of the molecule is CCCNC(c1ccc(C)cc1)c1ccc(Cl)cc1C. The summed E-state index contributed by atoms with van der Waals surface area (Å²) in [6.45, 7) is 7.43. The van der Waals surface area contributed by atoms with Crippen LogP contribution in [0.2, 0.25) is 5.02 Å². The van der Waals surface area contributed by atoms with Gasteiger partial charge in [0.15, 0.2) is 0 Å². The Labute approximate surface area is 127 Å². The van der Waals surface area contributed by atoms with E-state index in [-0.39, 0.29) is 6.04 Å². The Kier molecular flexibility index (Phi) is 5.22. The lowest BCUT2D eigenvalue weighted by Crippen LogP contribution is -2.23. The summed E-state index contributed by atoms with van der Waals surface area (Å²) in [6, 6.07) is 15.1. The number of hydrogen-bond donors (Lipinski definition) is 1. The third-order valence-electron chi connectivity index (χ3n) is 3.55. The van der Waals surface area contributed by atoms with Crippen LogP contribution in [0.5, 0.6) is 0 Å². The molecule has 0 saturated carbocycles. The molecular formula is C18H22ClN. The van der Waals surface area contributed by atoms with Crippen molar-refractivity contribution in [3.05, 3.63) is 69.7 Å². The van der Waals surface area contributed by atoms with E-state index in [1.165, 1.54) is 22.3 Å². The number of nitrogens with one attached hydrogen (secondary N) is 1. The molecule has 0 aromatic heterocycles. The third-order valence-corrected chi connectivity index (χ3v) is 3.79. The summed E-state index contributed by atoms with van der Waals surface area (Å²) in [6.07, 6.45) is 1.12. The van der Waals surface area contributed by atoms with Gasteiger partial charge in [0.25, 0.3) is 0 Å². The van der Waals surface area contributed by atoms with Gasteiger partial charge in [0.2, 0.25) is 0 Å². The Balaban J connectivity index is 2.38. The number of benzene rings is 2. The molecule has 2 heteroatoms. The first kappa shape index (κ1) is 15.1. The molecule has 1 atom stereocenters. The lowest BCUT2D eigenvalue weighted by Gasteiger charge is -2.22. The van der Waals surface area contributed by atoms with Gasteiger partial charge < -0.3 is 5.32 Å². The van der Waals surface area contributed by atoms with Crippen molar-refractivity contribution in [2.75, 3.05) is 6.54 Å². The number of hydrogen-bond acceptors (Lipinski definition) is 1. The Hall–Kier alpha value is -1.31. The van der Waals surface area contributed by atoms with Gasteiger partial charge >= 0.3 is 0 Å². The molecule has 2 rings (SSSR count). The van der Waals surface area contributed by atoms with Crippen LogP contribution in [0.15, 0.2) is 42.5 Å². The standard InChI is InChI=1S/C18H22ClN/c1-4-11-20-18(15-7-5-13(2)6-8-15)17-10-9-16(19)12-14(17)3/h5-10,12,18,20H,4,11H2,1-3H3. The molecule has 0 aliphatic carbocycles. The quantitative estimate of drug-likeness (QED) is 0.812. The zero-order valence-electron chi connectivity index (χ0n) is 12.4. The normalized spacial score (nSPS) is 12.4. The maximum atomic E-state index is 6.07. The number of rotatable bonds is 5. The van der Waals surface area contributed by atoms with Crippen LogP contribution in [-0.2, 0) is 0 Å². The van der Waals surface area contributed by atoms with Gasteiger partial charge in [-0.15, -0.1) is 0 Å². The van der Waals surface area contributed by atoms with E-state index >= 15 is 0 Å². The second-order valence-electron chi connectivity index (χ2n) is 5.30. The predicted octanol–water partition coefficient (Wildman–Crippen LogP) is 5.05. The highest BCUT2D eigenvalue weighted by atomic mass is 35.5. The second-order valence-corrected chi connectivity index (χ2v) is 5.74. The van der Waals surface area contributed by atoms with Gasteiger partial charge in [-0.05, 0) is 55.6 Å². The van der Waals surface area contributed by atoms with Gasteiger partial charge in [-0.2, -0.15) is 0 Å². The number of aryl methyl sites for hydroxylation is 2. The van der Waals surface area contributed by atoms with Crippen LogP contribution in [-0.4, -0.2) is 6.54 Å². The minimum atomic E-state index is 0.229. The average molecular weight is 288 g/mol. The van der Waals surface area contributed by atoms with E-state index in [0.717, 1.165) is 18.0 Å². The molecule has 0 amide bonds. The minimum absolute atomic E-state index is 0.229. The summed E-state index contributed by atoms with van der Waals surface area (Å²) in [5.74, 6) is 0. The molecule has 1 unspecified atom stereocenters. The summed E-state index contributed by atoms with van der Waals surface area (Å²) < 4.78 is 0. The van der Waals surface area contributed by atoms with E-state index in [1.54, 1.807) is 0 Å². The van der Waals surface area contributed by atoms with Crippen molar-refractivity contribution < 1.29 is 0 Å². The van der Waals surface area contributed by atoms with Crippen LogP contribution in [0, 0.1) is 13.8 Å². The summed E-state index contributed by atoms with van der Waals surface area (Å²) >= 11 is 6.07. The molecule has 0 spiro atoms. The van der Waals surface area contributed by atoms with Crippen molar-refractivity contribution >= 4 is 11.6 Å². The lowest BCUT2D eigenvalue weighted by atomic mass is 9.94. The van der Waals surface area contributed by atoms with E-state index in [4.69, 9.17) is 11.6 Å². The predicted molar refractivity (Wildman–Crippen MR) is 87.5 cm³/mol. The topological polar surface area (TPSA) is 12.0 Å². The van der Waals surface area contributed by atoms with Gasteiger partial charge in [-0.25, -0.2) is 0 Å². The maximum absolute atomic E-state index is 6.07. The molecule has 2 aromatic carbocycles. The van der Waals surface area contributed by atoms with Crippen LogP contribution in [0.3, 0.4) is 0 Å². The van der Waals surface area contributed by atoms with Crippen molar-refractivity contribution in [2.24, 2.45) is 0 Å². The second kappa shape index (κ2) is 6.92. The van der Waals surface area contributed by atoms with Crippen LogP contribution in [0.4, 0.5) is 0 Å². The molecular weight excluding hydrogens is 266 g/mol. The van der Waals surface area contributed by atoms with Crippen LogP contribution < -0.4 is 5.32 Å². The Bertz CT molecular complexity index is 560. The van der Waals surface area contributed by atoms with Gasteiger partial charge in [0, 0.05) is 5.02 Å². The first-order valence-electron chi connectivity index (χ1n) is 7.18. The van der Waals surface area contributed by atoms with E-state index in [9.17, 15) is 0 Å². The Morgan fingerprint density at radius 3 is 2.35 bits per heavy atom. The zero-order valence-corrected chi connectivity index (χ0v) is 13.2.